The van der Waals surface area contributed by atoms with Crippen molar-refractivity contribution in [2.75, 3.05) is 20.3 Å². The van der Waals surface area contributed by atoms with Crippen LogP contribution in [0.2, 0.25) is 0 Å². The summed E-state index contributed by atoms with van der Waals surface area (Å²) < 4.78 is 22.5. The Hall–Kier alpha value is -4.25. The molecule has 0 saturated carbocycles. The smallest absolute Gasteiger partial charge is 0.343 e. The second-order valence-electron chi connectivity index (χ2n) is 8.71. The zero-order valence-electron chi connectivity index (χ0n) is 20.1. The van der Waals surface area contributed by atoms with Crippen LogP contribution in [0.15, 0.2) is 103 Å². The molecular formula is C31H28O5. The number of fused-ring (bicyclic) bond motifs is 1. The van der Waals surface area contributed by atoms with Crippen LogP contribution in [0.1, 0.15) is 34.1 Å². The highest BCUT2D eigenvalue weighted by Gasteiger charge is 2.33. The highest BCUT2D eigenvalue weighted by atomic mass is 16.6. The topological polar surface area (TPSA) is 54.0 Å². The lowest BCUT2D eigenvalue weighted by Crippen LogP contribution is -2.25. The van der Waals surface area contributed by atoms with Crippen LogP contribution in [0.25, 0.3) is 0 Å². The molecule has 5 nitrogen and oxygen atoms in total. The number of methoxy groups -OCH3 is 1. The van der Waals surface area contributed by atoms with Crippen molar-refractivity contribution in [2.24, 2.45) is 0 Å². The summed E-state index contributed by atoms with van der Waals surface area (Å²) in [6, 6.07) is 34.6. The van der Waals surface area contributed by atoms with Gasteiger partial charge in [-0.3, -0.25) is 0 Å². The van der Waals surface area contributed by atoms with E-state index in [1.165, 1.54) is 12.7 Å². The minimum absolute atomic E-state index is 0.0916. The summed E-state index contributed by atoms with van der Waals surface area (Å²) in [5.74, 6) is 2.07. The van der Waals surface area contributed by atoms with Crippen LogP contribution >= 0.6 is 0 Å². The van der Waals surface area contributed by atoms with Crippen molar-refractivity contribution in [1.82, 2.24) is 0 Å². The Kier molecular flexibility index (Phi) is 7.17. The summed E-state index contributed by atoms with van der Waals surface area (Å²) in [6.45, 7) is 0.946. The molecule has 0 saturated heterocycles. The van der Waals surface area contributed by atoms with E-state index in [0.29, 0.717) is 19.0 Å². The number of carbonyl (C=O) groups is 1. The summed E-state index contributed by atoms with van der Waals surface area (Å²) in [4.78, 5) is 11.4. The maximum Gasteiger partial charge on any atom is 0.343 e. The third-order valence-corrected chi connectivity index (χ3v) is 6.44. The SMILES string of the molecule is COC(=O)COc1ccc(C2c3ccc(OCc4ccccc4)cc3OCC2c2ccccc2)cc1. The van der Waals surface area contributed by atoms with Gasteiger partial charge in [-0.05, 0) is 34.9 Å². The van der Waals surface area contributed by atoms with E-state index in [1.54, 1.807) is 0 Å². The van der Waals surface area contributed by atoms with Gasteiger partial charge in [0.1, 0.15) is 23.9 Å². The van der Waals surface area contributed by atoms with Gasteiger partial charge in [0.05, 0.1) is 13.7 Å². The fraction of sp³-hybridized carbons (Fsp3) is 0.194. The number of benzene rings is 4. The Morgan fingerprint density at radius 2 is 1.50 bits per heavy atom. The van der Waals surface area contributed by atoms with Gasteiger partial charge in [0.15, 0.2) is 6.61 Å². The van der Waals surface area contributed by atoms with Crippen molar-refractivity contribution >= 4 is 5.97 Å². The third kappa shape index (κ3) is 5.36. The van der Waals surface area contributed by atoms with E-state index in [1.807, 2.05) is 60.7 Å². The molecule has 0 amide bonds. The fourth-order valence-electron chi connectivity index (χ4n) is 4.59. The van der Waals surface area contributed by atoms with Gasteiger partial charge in [-0.1, -0.05) is 78.9 Å². The lowest BCUT2D eigenvalue weighted by atomic mass is 9.76. The molecule has 4 aromatic rings. The molecule has 0 radical (unpaired) electrons. The molecule has 2 unspecified atom stereocenters. The van der Waals surface area contributed by atoms with Crippen molar-refractivity contribution in [3.05, 3.63) is 125 Å². The first-order valence-corrected chi connectivity index (χ1v) is 12.0. The second-order valence-corrected chi connectivity index (χ2v) is 8.71. The van der Waals surface area contributed by atoms with Gasteiger partial charge in [-0.25, -0.2) is 4.79 Å². The fourth-order valence-corrected chi connectivity index (χ4v) is 4.59. The molecule has 5 rings (SSSR count). The summed E-state index contributed by atoms with van der Waals surface area (Å²) >= 11 is 0. The van der Waals surface area contributed by atoms with Gasteiger partial charge < -0.3 is 18.9 Å². The number of carbonyl (C=O) groups excluding carboxylic acids is 1. The maximum absolute atomic E-state index is 11.4. The average Bonchev–Trinajstić information content (AvgIpc) is 2.95. The molecule has 0 spiro atoms. The summed E-state index contributed by atoms with van der Waals surface area (Å²) in [6.07, 6.45) is 0. The number of hydrogen-bond acceptors (Lipinski definition) is 5. The van der Waals surface area contributed by atoms with Crippen molar-refractivity contribution in [3.8, 4) is 17.2 Å². The first-order chi connectivity index (χ1) is 17.7. The molecule has 1 aliphatic rings. The summed E-state index contributed by atoms with van der Waals surface area (Å²) in [7, 11) is 1.35. The predicted octanol–water partition coefficient (Wildman–Crippen LogP) is 6.13. The van der Waals surface area contributed by atoms with Crippen LogP contribution in [0.5, 0.6) is 17.2 Å². The molecule has 5 heteroatoms. The van der Waals surface area contributed by atoms with E-state index >= 15 is 0 Å². The molecule has 0 fully saturated rings. The van der Waals surface area contributed by atoms with Crippen molar-refractivity contribution in [3.63, 3.8) is 0 Å². The predicted molar refractivity (Wildman–Crippen MR) is 138 cm³/mol. The second kappa shape index (κ2) is 11.0. The van der Waals surface area contributed by atoms with Crippen LogP contribution in [0.3, 0.4) is 0 Å². The first kappa shape index (κ1) is 23.5. The lowest BCUT2D eigenvalue weighted by Gasteiger charge is -2.34. The molecule has 1 aliphatic heterocycles. The van der Waals surface area contributed by atoms with Gasteiger partial charge in [-0.2, -0.15) is 0 Å². The summed E-state index contributed by atoms with van der Waals surface area (Å²) in [5, 5.41) is 0. The standard InChI is InChI=1S/C31H28O5/c1-33-30(32)21-35-25-14-12-24(13-15-25)31-27-17-16-26(34-19-22-8-4-2-5-9-22)18-29(27)36-20-28(31)23-10-6-3-7-11-23/h2-18,28,31H,19-21H2,1H3. The molecular weight excluding hydrogens is 452 g/mol. The maximum atomic E-state index is 11.4. The van der Waals surface area contributed by atoms with Crippen molar-refractivity contribution in [2.45, 2.75) is 18.4 Å². The number of esters is 1. The third-order valence-electron chi connectivity index (χ3n) is 6.44. The lowest BCUT2D eigenvalue weighted by molar-refractivity contribution is -0.142. The minimum Gasteiger partial charge on any atom is -0.492 e. The van der Waals surface area contributed by atoms with Crippen LogP contribution in [0.4, 0.5) is 0 Å². The molecule has 0 aliphatic carbocycles. The largest absolute Gasteiger partial charge is 0.492 e. The highest BCUT2D eigenvalue weighted by Crippen LogP contribution is 2.47. The Balaban J connectivity index is 1.42. The number of hydrogen-bond donors (Lipinski definition) is 0. The highest BCUT2D eigenvalue weighted by molar-refractivity contribution is 5.70. The molecule has 1 heterocycles. The van der Waals surface area contributed by atoms with Gasteiger partial charge in [0, 0.05) is 23.5 Å². The van der Waals surface area contributed by atoms with E-state index in [0.717, 1.165) is 28.2 Å². The number of ether oxygens (including phenoxy) is 4. The Bertz CT molecular complexity index is 1290. The quantitative estimate of drug-likeness (QED) is 0.284. The minimum atomic E-state index is -0.410. The van der Waals surface area contributed by atoms with E-state index in [2.05, 4.69) is 47.2 Å². The van der Waals surface area contributed by atoms with E-state index in [4.69, 9.17) is 14.2 Å². The zero-order valence-corrected chi connectivity index (χ0v) is 20.1. The van der Waals surface area contributed by atoms with Gasteiger partial charge >= 0.3 is 5.97 Å². The molecule has 4 aromatic carbocycles. The van der Waals surface area contributed by atoms with Crippen LogP contribution in [0, 0.1) is 0 Å². The number of rotatable bonds is 8. The van der Waals surface area contributed by atoms with Crippen molar-refractivity contribution in [1.29, 1.82) is 0 Å². The van der Waals surface area contributed by atoms with E-state index in [9.17, 15) is 4.79 Å². The van der Waals surface area contributed by atoms with Crippen LogP contribution in [-0.2, 0) is 16.1 Å². The van der Waals surface area contributed by atoms with E-state index < -0.39 is 5.97 Å². The van der Waals surface area contributed by atoms with Crippen molar-refractivity contribution < 1.29 is 23.7 Å². The van der Waals surface area contributed by atoms with Crippen LogP contribution < -0.4 is 14.2 Å². The zero-order chi connectivity index (χ0) is 24.7. The molecule has 0 bridgehead atoms. The van der Waals surface area contributed by atoms with Gasteiger partial charge in [0.25, 0.3) is 0 Å². The van der Waals surface area contributed by atoms with Gasteiger partial charge in [-0.15, -0.1) is 0 Å². The van der Waals surface area contributed by atoms with E-state index in [-0.39, 0.29) is 18.4 Å². The first-order valence-electron chi connectivity index (χ1n) is 12.0. The molecule has 0 aromatic heterocycles. The monoisotopic (exact) mass is 480 g/mol. The Morgan fingerprint density at radius 1 is 0.806 bits per heavy atom. The molecule has 0 N–H and O–H groups in total. The molecule has 2 atom stereocenters. The Labute approximate surface area is 211 Å². The Morgan fingerprint density at radius 3 is 2.22 bits per heavy atom. The van der Waals surface area contributed by atoms with Gasteiger partial charge in [0.2, 0.25) is 0 Å². The normalized spacial score (nSPS) is 16.4. The summed E-state index contributed by atoms with van der Waals surface area (Å²) in [5.41, 5.74) is 4.61. The average molecular weight is 481 g/mol. The molecule has 36 heavy (non-hydrogen) atoms. The van der Waals surface area contributed by atoms with Crippen LogP contribution in [-0.4, -0.2) is 26.3 Å². The molecule has 182 valence electrons.